The number of carbonyl (C=O) groups excluding carboxylic acids is 1. The van der Waals surface area contributed by atoms with Crippen molar-refractivity contribution in [1.82, 2.24) is 15.0 Å². The Labute approximate surface area is 241 Å². The van der Waals surface area contributed by atoms with Gasteiger partial charge in [0.2, 0.25) is 5.88 Å². The number of hydrogen-bond donors (Lipinski definition) is 3. The van der Waals surface area contributed by atoms with Crippen LogP contribution in [0.5, 0.6) is 11.9 Å². The van der Waals surface area contributed by atoms with E-state index < -0.39 is 23.6 Å². The molecule has 218 valence electrons. The van der Waals surface area contributed by atoms with Crippen molar-refractivity contribution in [3.05, 3.63) is 89.7 Å². The van der Waals surface area contributed by atoms with Crippen molar-refractivity contribution in [3.63, 3.8) is 0 Å². The first-order valence-corrected chi connectivity index (χ1v) is 12.5. The summed E-state index contributed by atoms with van der Waals surface area (Å²) in [5.41, 5.74) is 7.54. The molecular weight excluding hydrogens is 567 g/mol. The van der Waals surface area contributed by atoms with Crippen LogP contribution in [0.1, 0.15) is 26.3 Å². The second-order valence-corrected chi connectivity index (χ2v) is 9.23. The van der Waals surface area contributed by atoms with Gasteiger partial charge in [0.05, 0.1) is 47.7 Å². The predicted octanol–water partition coefficient (Wildman–Crippen LogP) is 5.94. The molecule has 0 spiro atoms. The van der Waals surface area contributed by atoms with Crippen LogP contribution in [0.4, 0.5) is 24.5 Å². The Bertz CT molecular complexity index is 1880. The molecule has 0 aliphatic rings. The lowest BCUT2D eigenvalue weighted by Crippen LogP contribution is -2.14. The quantitative estimate of drug-likeness (QED) is 0.200. The van der Waals surface area contributed by atoms with Crippen LogP contribution in [0.15, 0.2) is 73.1 Å². The number of nitrogens with one attached hydrogen (secondary N) is 1. The van der Waals surface area contributed by atoms with Crippen molar-refractivity contribution >= 4 is 34.2 Å². The van der Waals surface area contributed by atoms with Gasteiger partial charge in [-0.1, -0.05) is 24.3 Å². The molecule has 0 atom stereocenters. The molecule has 0 saturated heterocycles. The number of carboxylic acid groups (broad SMARTS) is 1. The summed E-state index contributed by atoms with van der Waals surface area (Å²) in [6.07, 6.45) is -1.70. The average molecular weight is 590 g/mol. The molecule has 0 aliphatic heterocycles. The molecule has 3 aromatic carbocycles. The van der Waals surface area contributed by atoms with Crippen molar-refractivity contribution in [2.45, 2.75) is 6.18 Å². The van der Waals surface area contributed by atoms with Crippen LogP contribution in [0.3, 0.4) is 0 Å². The molecule has 0 aliphatic carbocycles. The highest BCUT2D eigenvalue weighted by Gasteiger charge is 2.30. The molecule has 2 heterocycles. The molecule has 4 N–H and O–H groups in total. The molecule has 43 heavy (non-hydrogen) atoms. The highest BCUT2D eigenvalue weighted by atomic mass is 19.4. The predicted molar refractivity (Wildman–Crippen MR) is 152 cm³/mol. The third-order valence-electron chi connectivity index (χ3n) is 6.55. The Balaban J connectivity index is 1.61. The number of amides is 1. The minimum absolute atomic E-state index is 0.0300. The number of nitrogens with two attached hydrogens (primary N) is 1. The minimum atomic E-state index is -4.52. The summed E-state index contributed by atoms with van der Waals surface area (Å²) in [6.45, 7) is 0. The van der Waals surface area contributed by atoms with E-state index in [-0.39, 0.29) is 34.4 Å². The lowest BCUT2D eigenvalue weighted by atomic mass is 9.99. The van der Waals surface area contributed by atoms with Gasteiger partial charge in [0.15, 0.2) is 0 Å². The van der Waals surface area contributed by atoms with Gasteiger partial charge >= 0.3 is 18.2 Å². The van der Waals surface area contributed by atoms with Crippen LogP contribution in [0.25, 0.3) is 33.2 Å². The topological polar surface area (TPSA) is 150 Å². The summed E-state index contributed by atoms with van der Waals surface area (Å²) in [7, 11) is 2.88. The smallest absolute Gasteiger partial charge is 0.416 e. The minimum Gasteiger partial charge on any atom is -0.480 e. The van der Waals surface area contributed by atoms with Gasteiger partial charge in [0.25, 0.3) is 5.91 Å². The zero-order valence-corrected chi connectivity index (χ0v) is 22.6. The number of fused-ring (bicyclic) bond motifs is 1. The van der Waals surface area contributed by atoms with E-state index in [2.05, 4.69) is 20.3 Å². The molecule has 0 radical (unpaired) electrons. The van der Waals surface area contributed by atoms with Crippen molar-refractivity contribution in [2.75, 3.05) is 19.5 Å². The number of anilines is 2. The van der Waals surface area contributed by atoms with E-state index in [0.717, 1.165) is 12.1 Å². The van der Waals surface area contributed by atoms with Gasteiger partial charge in [-0.15, -0.1) is 0 Å². The van der Waals surface area contributed by atoms with E-state index in [9.17, 15) is 27.9 Å². The van der Waals surface area contributed by atoms with Gasteiger partial charge in [-0.05, 0) is 53.1 Å². The zero-order valence-electron chi connectivity index (χ0n) is 22.6. The van der Waals surface area contributed by atoms with Crippen LogP contribution in [-0.2, 0) is 6.18 Å². The molecule has 0 saturated carbocycles. The zero-order chi connectivity index (χ0) is 30.9. The molecule has 0 bridgehead atoms. The van der Waals surface area contributed by atoms with Gasteiger partial charge in [0.1, 0.15) is 0 Å². The third kappa shape index (κ3) is 5.86. The highest BCUT2D eigenvalue weighted by molar-refractivity contribution is 6.08. The Kier molecular flexibility index (Phi) is 7.55. The lowest BCUT2D eigenvalue weighted by molar-refractivity contribution is -0.137. The first kappa shape index (κ1) is 28.8. The molecule has 10 nitrogen and oxygen atoms in total. The number of methoxy groups -OCH3 is 2. The van der Waals surface area contributed by atoms with Crippen LogP contribution in [-0.4, -0.2) is 46.2 Å². The fraction of sp³-hybridized carbons (Fsp3) is 0.100. The summed E-state index contributed by atoms with van der Waals surface area (Å²) in [6, 6.07) is 13.8. The number of primary amides is 1. The van der Waals surface area contributed by atoms with E-state index in [0.29, 0.717) is 33.2 Å². The summed E-state index contributed by atoms with van der Waals surface area (Å²) in [4.78, 5) is 37.0. The van der Waals surface area contributed by atoms with Crippen LogP contribution < -0.4 is 20.5 Å². The Hall–Kier alpha value is -5.72. The number of benzene rings is 3. The number of ether oxygens (including phenoxy) is 2. The Morgan fingerprint density at radius 3 is 2.23 bits per heavy atom. The fourth-order valence-electron chi connectivity index (χ4n) is 4.47. The van der Waals surface area contributed by atoms with E-state index in [1.54, 1.807) is 24.3 Å². The highest BCUT2D eigenvalue weighted by Crippen LogP contribution is 2.36. The van der Waals surface area contributed by atoms with Gasteiger partial charge in [-0.25, -0.2) is 9.78 Å². The molecule has 2 aromatic heterocycles. The summed E-state index contributed by atoms with van der Waals surface area (Å²) in [5.74, 6) is -1.78. The Morgan fingerprint density at radius 1 is 0.884 bits per heavy atom. The number of hydrogen-bond acceptors (Lipinski definition) is 8. The lowest BCUT2D eigenvalue weighted by Gasteiger charge is -2.16. The van der Waals surface area contributed by atoms with Crippen molar-refractivity contribution < 1.29 is 37.3 Å². The summed E-state index contributed by atoms with van der Waals surface area (Å²) < 4.78 is 49.6. The molecule has 0 unspecified atom stereocenters. The normalized spacial score (nSPS) is 11.3. The van der Waals surface area contributed by atoms with Gasteiger partial charge in [-0.3, -0.25) is 9.78 Å². The maximum Gasteiger partial charge on any atom is 0.416 e. The number of rotatable bonds is 8. The van der Waals surface area contributed by atoms with Crippen LogP contribution in [0.2, 0.25) is 0 Å². The number of carboxylic acids is 1. The number of aromatic nitrogens is 3. The SMILES string of the molecule is COc1ncc(-c2ccc3c(Nc4cc(C(=O)O)cc(-c5ccc(C(F)(F)F)cc5)c4)c(C(N)=O)cnc3c2)c(OC)n1. The fourth-order valence-corrected chi connectivity index (χ4v) is 4.47. The molecule has 5 rings (SSSR count). The molecule has 1 amide bonds. The van der Waals surface area contributed by atoms with Gasteiger partial charge < -0.3 is 25.6 Å². The molecular formula is C30H22F3N5O5. The monoisotopic (exact) mass is 589 g/mol. The number of alkyl halides is 3. The number of nitrogens with zero attached hydrogens (tertiary/aromatic N) is 3. The first-order chi connectivity index (χ1) is 20.5. The largest absolute Gasteiger partial charge is 0.480 e. The summed E-state index contributed by atoms with van der Waals surface area (Å²) >= 11 is 0. The van der Waals surface area contributed by atoms with Crippen molar-refractivity contribution in [3.8, 4) is 34.1 Å². The molecule has 5 aromatic rings. The molecule has 0 fully saturated rings. The number of pyridine rings is 1. The average Bonchev–Trinajstić information content (AvgIpc) is 2.99. The van der Waals surface area contributed by atoms with Crippen LogP contribution in [0, 0.1) is 0 Å². The van der Waals surface area contributed by atoms with Gasteiger partial charge in [0, 0.05) is 23.5 Å². The number of halogens is 3. The standard InChI is InChI=1S/C30H22F3N5O5/c1-42-27-22(13-36-29(38-27)43-2)16-5-8-21-24(12-16)35-14-23(26(34)39)25(21)37-20-10-17(9-18(11-20)28(40)41)15-3-6-19(7-4-15)30(31,32)33/h3-14H,1-2H3,(H2,34,39)(H,35,37)(H,40,41). The van der Waals surface area contributed by atoms with Crippen LogP contribution >= 0.6 is 0 Å². The van der Waals surface area contributed by atoms with Crippen molar-refractivity contribution in [2.24, 2.45) is 5.73 Å². The number of aromatic carboxylic acids is 1. The third-order valence-corrected chi connectivity index (χ3v) is 6.55. The first-order valence-electron chi connectivity index (χ1n) is 12.5. The maximum absolute atomic E-state index is 13.1. The van der Waals surface area contributed by atoms with Gasteiger partial charge in [-0.2, -0.15) is 18.2 Å². The second kappa shape index (κ2) is 11.3. The second-order valence-electron chi connectivity index (χ2n) is 9.23. The van der Waals surface area contributed by atoms with E-state index >= 15 is 0 Å². The Morgan fingerprint density at radius 2 is 1.60 bits per heavy atom. The number of carbonyl (C=O) groups is 2. The maximum atomic E-state index is 13.1. The van der Waals surface area contributed by atoms with E-state index in [4.69, 9.17) is 15.2 Å². The van der Waals surface area contributed by atoms with Crippen molar-refractivity contribution in [1.29, 1.82) is 0 Å². The molecule has 13 heteroatoms. The van der Waals surface area contributed by atoms with E-state index in [1.807, 2.05) is 0 Å². The van der Waals surface area contributed by atoms with E-state index in [1.165, 1.54) is 50.9 Å². The summed E-state index contributed by atoms with van der Waals surface area (Å²) in [5, 5.41) is 13.3.